The van der Waals surface area contributed by atoms with Crippen LogP contribution >= 0.6 is 11.3 Å². The second kappa shape index (κ2) is 8.89. The zero-order valence-electron chi connectivity index (χ0n) is 15.9. The molecule has 0 aliphatic rings. The van der Waals surface area contributed by atoms with Crippen molar-refractivity contribution in [3.05, 3.63) is 70.0 Å². The van der Waals surface area contributed by atoms with Gasteiger partial charge >= 0.3 is 0 Å². The van der Waals surface area contributed by atoms with Crippen LogP contribution in [0.5, 0.6) is 0 Å². The predicted octanol–water partition coefficient (Wildman–Crippen LogP) is 3.95. The predicted molar refractivity (Wildman–Crippen MR) is 113 cm³/mol. The zero-order valence-corrected chi connectivity index (χ0v) is 16.7. The molecule has 3 rings (SSSR count). The van der Waals surface area contributed by atoms with Crippen molar-refractivity contribution in [1.29, 1.82) is 0 Å². The highest BCUT2D eigenvalue weighted by molar-refractivity contribution is 7.22. The van der Waals surface area contributed by atoms with Crippen LogP contribution < -0.4 is 4.90 Å². The second-order valence-electron chi connectivity index (χ2n) is 6.58. The Morgan fingerprint density at radius 3 is 2.59 bits per heavy atom. The van der Waals surface area contributed by atoms with E-state index >= 15 is 0 Å². The van der Waals surface area contributed by atoms with Gasteiger partial charge in [0.25, 0.3) is 11.6 Å². The monoisotopic (exact) mass is 414 g/mol. The van der Waals surface area contributed by atoms with E-state index in [2.05, 4.69) is 4.98 Å². The van der Waals surface area contributed by atoms with E-state index in [0.29, 0.717) is 34.0 Å². The van der Waals surface area contributed by atoms with E-state index in [9.17, 15) is 19.3 Å². The van der Waals surface area contributed by atoms with Crippen molar-refractivity contribution in [1.82, 2.24) is 9.88 Å². The van der Waals surface area contributed by atoms with Crippen LogP contribution in [0.3, 0.4) is 0 Å². The fourth-order valence-electron chi connectivity index (χ4n) is 2.57. The maximum absolute atomic E-state index is 13.5. The third kappa shape index (κ3) is 5.21. The van der Waals surface area contributed by atoms with Crippen LogP contribution in [0, 0.1) is 15.9 Å². The molecule has 0 atom stereocenters. The highest BCUT2D eigenvalue weighted by Gasteiger charge is 2.18. The molecule has 1 amide bonds. The van der Waals surface area contributed by atoms with E-state index in [-0.39, 0.29) is 17.4 Å². The number of likely N-dealkylation sites (N-methyl/N-ethyl adjacent to an activating group) is 1. The molecular weight excluding hydrogens is 395 g/mol. The molecule has 0 radical (unpaired) electrons. The summed E-state index contributed by atoms with van der Waals surface area (Å²) in [6, 6.07) is 10.3. The number of anilines is 1. The summed E-state index contributed by atoms with van der Waals surface area (Å²) < 4.78 is 14.2. The van der Waals surface area contributed by atoms with E-state index in [1.165, 1.54) is 41.7 Å². The van der Waals surface area contributed by atoms with Gasteiger partial charge in [-0.3, -0.25) is 19.8 Å². The van der Waals surface area contributed by atoms with E-state index in [1.54, 1.807) is 29.2 Å². The number of nitro benzene ring substituents is 1. The molecule has 2 aromatic carbocycles. The van der Waals surface area contributed by atoms with Gasteiger partial charge < -0.3 is 4.90 Å². The average Bonchev–Trinajstić information content (AvgIpc) is 3.09. The molecule has 1 aromatic heterocycles. The molecule has 0 bridgehead atoms. The zero-order chi connectivity index (χ0) is 21.0. The Kier molecular flexibility index (Phi) is 6.30. The van der Waals surface area contributed by atoms with Crippen LogP contribution in [-0.4, -0.2) is 47.9 Å². The topological polar surface area (TPSA) is 79.6 Å². The third-order valence-electron chi connectivity index (χ3n) is 4.13. The van der Waals surface area contributed by atoms with Gasteiger partial charge in [0.2, 0.25) is 0 Å². The highest BCUT2D eigenvalue weighted by atomic mass is 32.1. The molecule has 0 aliphatic heterocycles. The Hall–Kier alpha value is -3.17. The quantitative estimate of drug-likeness (QED) is 0.332. The summed E-state index contributed by atoms with van der Waals surface area (Å²) in [5.74, 6) is -0.623. The average molecular weight is 414 g/mol. The Balaban J connectivity index is 1.84. The SMILES string of the molecule is CN(C)CCN(C(=O)/C=C\c1ccc([N+](=O)[O-])cc1)c1nc2ccc(F)cc2s1. The van der Waals surface area contributed by atoms with E-state index in [1.807, 2.05) is 19.0 Å². The minimum atomic E-state index is -0.475. The number of fused-ring (bicyclic) bond motifs is 1. The number of aromatic nitrogens is 1. The standard InChI is InChI=1S/C20H19FN4O3S/c1-23(2)11-12-24(20-22-17-9-6-15(21)13-18(17)29-20)19(26)10-5-14-3-7-16(8-4-14)25(27)28/h3-10,13H,11-12H2,1-2H3/b10-5-. The Morgan fingerprint density at radius 2 is 1.93 bits per heavy atom. The summed E-state index contributed by atoms with van der Waals surface area (Å²) in [4.78, 5) is 31.1. The molecule has 0 saturated heterocycles. The van der Waals surface area contributed by atoms with Crippen molar-refractivity contribution in [3.8, 4) is 0 Å². The van der Waals surface area contributed by atoms with Gasteiger partial charge in [-0.2, -0.15) is 0 Å². The number of carbonyl (C=O) groups excluding carboxylic acids is 1. The summed E-state index contributed by atoms with van der Waals surface area (Å²) in [5.41, 5.74) is 1.29. The largest absolute Gasteiger partial charge is 0.308 e. The lowest BCUT2D eigenvalue weighted by Crippen LogP contribution is -2.35. The molecule has 0 saturated carbocycles. The summed E-state index contributed by atoms with van der Waals surface area (Å²) in [6.45, 7) is 1.04. The molecule has 0 unspecified atom stereocenters. The minimum absolute atomic E-state index is 0.0113. The van der Waals surface area contributed by atoms with Crippen molar-refractivity contribution in [2.75, 3.05) is 32.1 Å². The summed E-state index contributed by atoms with van der Waals surface area (Å²) >= 11 is 1.25. The third-order valence-corrected chi connectivity index (χ3v) is 5.17. The molecule has 0 aliphatic carbocycles. The maximum atomic E-state index is 13.5. The van der Waals surface area contributed by atoms with Crippen molar-refractivity contribution < 1.29 is 14.1 Å². The first-order valence-electron chi connectivity index (χ1n) is 8.78. The molecule has 9 heteroatoms. The normalized spacial score (nSPS) is 11.4. The van der Waals surface area contributed by atoms with Gasteiger partial charge in [-0.1, -0.05) is 11.3 Å². The van der Waals surface area contributed by atoms with Crippen molar-refractivity contribution in [2.24, 2.45) is 0 Å². The number of hydrogen-bond acceptors (Lipinski definition) is 6. The Labute approximate surface area is 170 Å². The Bertz CT molecular complexity index is 1060. The van der Waals surface area contributed by atoms with E-state index in [4.69, 9.17) is 0 Å². The molecule has 0 fully saturated rings. The Morgan fingerprint density at radius 1 is 1.21 bits per heavy atom. The smallest absolute Gasteiger partial charge is 0.269 e. The number of rotatable bonds is 7. The summed E-state index contributed by atoms with van der Waals surface area (Å²) in [7, 11) is 3.81. The second-order valence-corrected chi connectivity index (χ2v) is 7.59. The molecule has 1 heterocycles. The summed E-state index contributed by atoms with van der Waals surface area (Å²) in [5, 5.41) is 11.2. The molecule has 0 spiro atoms. The van der Waals surface area contributed by atoms with Crippen molar-refractivity contribution in [2.45, 2.75) is 0 Å². The van der Waals surface area contributed by atoms with Gasteiger partial charge in [-0.05, 0) is 56.1 Å². The number of nitro groups is 1. The molecule has 7 nitrogen and oxygen atoms in total. The van der Waals surface area contributed by atoms with Gasteiger partial charge in [0, 0.05) is 31.3 Å². The first-order valence-corrected chi connectivity index (χ1v) is 9.60. The highest BCUT2D eigenvalue weighted by Crippen LogP contribution is 2.29. The van der Waals surface area contributed by atoms with Gasteiger partial charge in [0.05, 0.1) is 15.1 Å². The lowest BCUT2D eigenvalue weighted by molar-refractivity contribution is -0.384. The number of benzene rings is 2. The van der Waals surface area contributed by atoms with E-state index in [0.717, 1.165) is 0 Å². The molecule has 150 valence electrons. The minimum Gasteiger partial charge on any atom is -0.308 e. The van der Waals surface area contributed by atoms with Crippen LogP contribution in [0.15, 0.2) is 48.5 Å². The van der Waals surface area contributed by atoms with E-state index < -0.39 is 4.92 Å². The van der Waals surface area contributed by atoms with Crippen LogP contribution in [0.25, 0.3) is 16.3 Å². The van der Waals surface area contributed by atoms with Gasteiger partial charge in [0.15, 0.2) is 5.13 Å². The van der Waals surface area contributed by atoms with Crippen LogP contribution in [0.1, 0.15) is 5.56 Å². The number of amides is 1. The molecular formula is C20H19FN4O3S. The fourth-order valence-corrected chi connectivity index (χ4v) is 3.59. The van der Waals surface area contributed by atoms with Crippen LogP contribution in [0.4, 0.5) is 15.2 Å². The first kappa shape index (κ1) is 20.6. The molecule has 29 heavy (non-hydrogen) atoms. The maximum Gasteiger partial charge on any atom is 0.269 e. The fraction of sp³-hybridized carbons (Fsp3) is 0.200. The number of non-ortho nitro benzene ring substituents is 1. The first-order chi connectivity index (χ1) is 13.8. The number of thiazole rings is 1. The number of nitrogens with zero attached hydrogens (tertiary/aromatic N) is 4. The lowest BCUT2D eigenvalue weighted by atomic mass is 10.2. The van der Waals surface area contributed by atoms with Gasteiger partial charge in [-0.25, -0.2) is 9.37 Å². The van der Waals surface area contributed by atoms with Crippen molar-refractivity contribution >= 4 is 44.4 Å². The van der Waals surface area contributed by atoms with Crippen LogP contribution in [-0.2, 0) is 4.79 Å². The lowest BCUT2D eigenvalue weighted by Gasteiger charge is -2.20. The van der Waals surface area contributed by atoms with Gasteiger partial charge in [-0.15, -0.1) is 0 Å². The van der Waals surface area contributed by atoms with Crippen LogP contribution in [0.2, 0.25) is 0 Å². The number of hydrogen-bond donors (Lipinski definition) is 0. The molecule has 0 N–H and O–H groups in total. The summed E-state index contributed by atoms with van der Waals surface area (Å²) in [6.07, 6.45) is 3.01. The van der Waals surface area contributed by atoms with Crippen molar-refractivity contribution in [3.63, 3.8) is 0 Å². The molecule has 3 aromatic rings. The van der Waals surface area contributed by atoms with Gasteiger partial charge in [0.1, 0.15) is 5.82 Å². The number of carbonyl (C=O) groups is 1. The number of halogens is 1.